The molecule has 0 heterocycles. The van der Waals surface area contributed by atoms with E-state index in [9.17, 15) is 18.4 Å². The SMILES string of the molecule is C=C(/C=C(\N=NC)c1c(F)cccc1F)[C@@H]1CC[C@@](C)(CN(CC)C(=O)c2ccc(NC(N)=O)cc2)C1(C)C. The fourth-order valence-electron chi connectivity index (χ4n) is 5.55. The molecule has 3 rings (SSSR count). The maximum Gasteiger partial charge on any atom is 0.316 e. The fraction of sp³-hybridized carbons (Fsp3) is 0.400. The van der Waals surface area contributed by atoms with Crippen molar-refractivity contribution < 1.29 is 18.4 Å². The summed E-state index contributed by atoms with van der Waals surface area (Å²) >= 11 is 0. The van der Waals surface area contributed by atoms with Crippen molar-refractivity contribution in [3.05, 3.63) is 83.5 Å². The van der Waals surface area contributed by atoms with Crippen molar-refractivity contribution >= 4 is 23.3 Å². The normalized spacial score (nSPS) is 20.7. The number of rotatable bonds is 9. The van der Waals surface area contributed by atoms with Gasteiger partial charge in [0.05, 0.1) is 11.3 Å². The lowest BCUT2D eigenvalue weighted by atomic mass is 9.64. The highest BCUT2D eigenvalue weighted by molar-refractivity contribution is 5.95. The van der Waals surface area contributed by atoms with E-state index in [1.165, 1.54) is 25.2 Å². The Bertz CT molecular complexity index is 1280. The predicted octanol–water partition coefficient (Wildman–Crippen LogP) is 7.04. The first kappa shape index (κ1) is 29.7. The number of benzene rings is 2. The molecule has 3 N–H and O–H groups in total. The molecule has 1 fully saturated rings. The molecule has 2 atom stereocenters. The molecule has 1 saturated carbocycles. The van der Waals surface area contributed by atoms with Gasteiger partial charge in [-0.3, -0.25) is 4.79 Å². The second-order valence-corrected chi connectivity index (χ2v) is 10.8. The minimum absolute atomic E-state index is 0.00708. The van der Waals surface area contributed by atoms with E-state index in [1.807, 2.05) is 11.8 Å². The van der Waals surface area contributed by atoms with Gasteiger partial charge in [0.1, 0.15) is 11.6 Å². The van der Waals surface area contributed by atoms with Gasteiger partial charge in [-0.05, 0) is 84.6 Å². The van der Waals surface area contributed by atoms with Crippen molar-refractivity contribution in [2.24, 2.45) is 32.7 Å². The molecule has 0 aliphatic heterocycles. The Morgan fingerprint density at radius 1 is 1.15 bits per heavy atom. The standard InChI is InChI=1S/C30H37F2N5O2/c1-7-37(27(38)20-11-13-21(14-12-20)35-28(33)39)18-30(5)16-15-22(29(30,3)4)19(2)17-25(36-34-6)26-23(31)9-8-10-24(26)32/h8-14,17,22H,2,7,15-16,18H2,1,3-6H3,(H3,33,35,39)/b25-17-,36-34?/t22-,30-/m0/s1. The van der Waals surface area contributed by atoms with Crippen LogP contribution in [0.1, 0.15) is 56.5 Å². The quantitative estimate of drug-likeness (QED) is 0.265. The zero-order chi connectivity index (χ0) is 29.0. The average Bonchev–Trinajstić information content (AvgIpc) is 3.10. The highest BCUT2D eigenvalue weighted by Gasteiger charge is 2.52. The molecule has 1 aliphatic rings. The van der Waals surface area contributed by atoms with E-state index in [4.69, 9.17) is 5.73 Å². The van der Waals surface area contributed by atoms with E-state index >= 15 is 0 Å². The molecule has 0 aromatic heterocycles. The van der Waals surface area contributed by atoms with Crippen LogP contribution in [0.5, 0.6) is 0 Å². The van der Waals surface area contributed by atoms with Gasteiger partial charge in [0.2, 0.25) is 0 Å². The van der Waals surface area contributed by atoms with E-state index in [0.717, 1.165) is 12.8 Å². The summed E-state index contributed by atoms with van der Waals surface area (Å²) in [6.45, 7) is 13.7. The minimum atomic E-state index is -0.715. The average molecular weight is 538 g/mol. The smallest absolute Gasteiger partial charge is 0.316 e. The number of allylic oxidation sites excluding steroid dienone is 2. The monoisotopic (exact) mass is 537 g/mol. The largest absolute Gasteiger partial charge is 0.351 e. The number of nitrogens with one attached hydrogen (secondary N) is 1. The van der Waals surface area contributed by atoms with Crippen LogP contribution in [0.2, 0.25) is 0 Å². The molecule has 9 heteroatoms. The fourth-order valence-corrected chi connectivity index (χ4v) is 5.55. The highest BCUT2D eigenvalue weighted by atomic mass is 19.1. The van der Waals surface area contributed by atoms with Crippen molar-refractivity contribution in [1.29, 1.82) is 0 Å². The van der Waals surface area contributed by atoms with Gasteiger partial charge in [0.25, 0.3) is 5.91 Å². The number of carbonyl (C=O) groups is 2. The molecule has 0 unspecified atom stereocenters. The first-order chi connectivity index (χ1) is 18.3. The molecule has 3 amide bonds. The van der Waals surface area contributed by atoms with Gasteiger partial charge in [0.15, 0.2) is 0 Å². The van der Waals surface area contributed by atoms with Gasteiger partial charge in [-0.1, -0.05) is 33.4 Å². The van der Waals surface area contributed by atoms with Gasteiger partial charge in [-0.25, -0.2) is 13.6 Å². The van der Waals surface area contributed by atoms with Gasteiger partial charge in [-0.15, -0.1) is 0 Å². The number of anilines is 1. The summed E-state index contributed by atoms with van der Waals surface area (Å²) in [7, 11) is 1.45. The van der Waals surface area contributed by atoms with E-state index in [1.54, 1.807) is 30.3 Å². The van der Waals surface area contributed by atoms with Crippen molar-refractivity contribution in [3.8, 4) is 0 Å². The summed E-state index contributed by atoms with van der Waals surface area (Å²) in [6, 6.07) is 9.63. The molecule has 7 nitrogen and oxygen atoms in total. The van der Waals surface area contributed by atoms with E-state index < -0.39 is 17.7 Å². The summed E-state index contributed by atoms with van der Waals surface area (Å²) in [6.07, 6.45) is 3.26. The Kier molecular flexibility index (Phi) is 9.04. The molecule has 208 valence electrons. The number of primary amides is 1. The first-order valence-corrected chi connectivity index (χ1v) is 12.9. The van der Waals surface area contributed by atoms with E-state index in [0.29, 0.717) is 29.9 Å². The van der Waals surface area contributed by atoms with Crippen LogP contribution in [-0.4, -0.2) is 37.0 Å². The molecule has 0 spiro atoms. The molecule has 2 aromatic rings. The third-order valence-corrected chi connectivity index (χ3v) is 8.22. The van der Waals surface area contributed by atoms with Gasteiger partial charge >= 0.3 is 6.03 Å². The van der Waals surface area contributed by atoms with Crippen LogP contribution < -0.4 is 11.1 Å². The first-order valence-electron chi connectivity index (χ1n) is 12.9. The van der Waals surface area contributed by atoms with E-state index in [2.05, 4.69) is 42.9 Å². The number of hydrogen-bond donors (Lipinski definition) is 2. The zero-order valence-electron chi connectivity index (χ0n) is 23.2. The maximum absolute atomic E-state index is 14.5. The predicted molar refractivity (Wildman–Crippen MR) is 150 cm³/mol. The summed E-state index contributed by atoms with van der Waals surface area (Å²) in [5.74, 6) is -1.55. The lowest BCUT2D eigenvalue weighted by Gasteiger charge is -2.45. The molecule has 1 aliphatic carbocycles. The Balaban J connectivity index is 1.84. The van der Waals surface area contributed by atoms with Crippen LogP contribution in [0.25, 0.3) is 5.70 Å². The number of urea groups is 1. The topological polar surface area (TPSA) is 100 Å². The van der Waals surface area contributed by atoms with Crippen LogP contribution in [0.4, 0.5) is 19.3 Å². The van der Waals surface area contributed by atoms with Crippen LogP contribution in [0.15, 0.2) is 70.9 Å². The lowest BCUT2D eigenvalue weighted by molar-refractivity contribution is 0.0421. The third kappa shape index (κ3) is 6.24. The molecule has 2 aromatic carbocycles. The Morgan fingerprint density at radius 2 is 1.77 bits per heavy atom. The number of hydrogen-bond acceptors (Lipinski definition) is 4. The highest BCUT2D eigenvalue weighted by Crippen LogP contribution is 2.58. The van der Waals surface area contributed by atoms with Crippen molar-refractivity contribution in [1.82, 2.24) is 4.90 Å². The molecular weight excluding hydrogens is 500 g/mol. The van der Waals surface area contributed by atoms with Crippen molar-refractivity contribution in [2.75, 3.05) is 25.5 Å². The number of carbonyl (C=O) groups excluding carboxylic acids is 2. The summed E-state index contributed by atoms with van der Waals surface area (Å²) in [4.78, 5) is 26.3. The van der Waals surface area contributed by atoms with Crippen LogP contribution in [0.3, 0.4) is 0 Å². The summed E-state index contributed by atoms with van der Waals surface area (Å²) in [5.41, 5.74) is 6.18. The van der Waals surface area contributed by atoms with Crippen LogP contribution in [-0.2, 0) is 0 Å². The number of azo groups is 1. The second kappa shape index (κ2) is 11.9. The van der Waals surface area contributed by atoms with Crippen LogP contribution in [0, 0.1) is 28.4 Å². The molecule has 0 radical (unpaired) electrons. The lowest BCUT2D eigenvalue weighted by Crippen LogP contribution is -2.46. The number of nitrogens with zero attached hydrogens (tertiary/aromatic N) is 3. The number of nitrogens with two attached hydrogens (primary N) is 1. The Hall–Kier alpha value is -3.88. The summed E-state index contributed by atoms with van der Waals surface area (Å²) < 4.78 is 29.1. The van der Waals surface area contributed by atoms with Crippen molar-refractivity contribution in [3.63, 3.8) is 0 Å². The van der Waals surface area contributed by atoms with Gasteiger partial charge in [0, 0.05) is 31.4 Å². The molecule has 0 bridgehead atoms. The third-order valence-electron chi connectivity index (χ3n) is 8.22. The maximum atomic E-state index is 14.5. The van der Waals surface area contributed by atoms with Crippen LogP contribution >= 0.6 is 0 Å². The molecule has 39 heavy (non-hydrogen) atoms. The molecule has 0 saturated heterocycles. The Morgan fingerprint density at radius 3 is 2.31 bits per heavy atom. The minimum Gasteiger partial charge on any atom is -0.351 e. The van der Waals surface area contributed by atoms with Gasteiger partial charge < -0.3 is 16.0 Å². The van der Waals surface area contributed by atoms with Crippen molar-refractivity contribution in [2.45, 2.75) is 40.5 Å². The zero-order valence-corrected chi connectivity index (χ0v) is 23.2. The number of amides is 3. The van der Waals surface area contributed by atoms with Gasteiger partial charge in [-0.2, -0.15) is 10.2 Å². The number of halogens is 2. The van der Waals surface area contributed by atoms with E-state index in [-0.39, 0.29) is 33.9 Å². The Labute approximate surface area is 228 Å². The second-order valence-electron chi connectivity index (χ2n) is 10.8. The molecular formula is C30H37F2N5O2. The summed E-state index contributed by atoms with van der Waals surface area (Å²) in [5, 5.41) is 10.3.